The van der Waals surface area contributed by atoms with Crippen LogP contribution >= 0.6 is 11.6 Å². The fourth-order valence-corrected chi connectivity index (χ4v) is 2.84. The average Bonchev–Trinajstić information content (AvgIpc) is 2.60. The van der Waals surface area contributed by atoms with Crippen LogP contribution in [-0.4, -0.2) is 24.1 Å². The predicted octanol–water partition coefficient (Wildman–Crippen LogP) is 4.07. The van der Waals surface area contributed by atoms with Crippen molar-refractivity contribution < 1.29 is 19.1 Å². The molecular weight excluding hydrogens is 340 g/mol. The first-order valence-corrected chi connectivity index (χ1v) is 8.35. The maximum Gasteiger partial charge on any atom is 0.317 e. The molecule has 2 atom stereocenters. The lowest BCUT2D eigenvalue weighted by molar-refractivity contribution is -0.151. The normalized spacial score (nSPS) is 12.9. The van der Waals surface area contributed by atoms with E-state index in [4.69, 9.17) is 16.3 Å². The van der Waals surface area contributed by atoms with Crippen molar-refractivity contribution in [3.05, 3.63) is 70.7 Å². The zero-order valence-corrected chi connectivity index (χ0v) is 14.8. The highest BCUT2D eigenvalue weighted by Crippen LogP contribution is 2.31. The van der Waals surface area contributed by atoms with Gasteiger partial charge in [0.1, 0.15) is 11.7 Å². The van der Waals surface area contributed by atoms with Crippen LogP contribution in [0.4, 0.5) is 0 Å². The first-order chi connectivity index (χ1) is 12.0. The maximum atomic E-state index is 13.1. The van der Waals surface area contributed by atoms with E-state index in [0.29, 0.717) is 16.1 Å². The Morgan fingerprint density at radius 3 is 2.12 bits per heavy atom. The lowest BCUT2D eigenvalue weighted by atomic mass is 9.78. The van der Waals surface area contributed by atoms with Crippen LogP contribution in [0.15, 0.2) is 54.6 Å². The number of rotatable bonds is 7. The summed E-state index contributed by atoms with van der Waals surface area (Å²) in [5, 5.41) is 0.501. The summed E-state index contributed by atoms with van der Waals surface area (Å²) in [6.07, 6.45) is 0. The predicted molar refractivity (Wildman–Crippen MR) is 95.8 cm³/mol. The van der Waals surface area contributed by atoms with E-state index in [1.54, 1.807) is 61.5 Å². The van der Waals surface area contributed by atoms with E-state index in [9.17, 15) is 14.4 Å². The van der Waals surface area contributed by atoms with Gasteiger partial charge in [0.2, 0.25) is 0 Å². The van der Waals surface area contributed by atoms with E-state index >= 15 is 0 Å². The number of Topliss-reactive ketones (excluding diaryl/α,β-unsaturated/α-hetero) is 2. The molecule has 4 nitrogen and oxygen atoms in total. The van der Waals surface area contributed by atoms with Crippen LogP contribution in [0.25, 0.3) is 0 Å². The number of hydrogen-bond acceptors (Lipinski definition) is 4. The van der Waals surface area contributed by atoms with Crippen LogP contribution in [0.3, 0.4) is 0 Å². The number of hydrogen-bond donors (Lipinski definition) is 0. The molecule has 0 radical (unpaired) electrons. The van der Waals surface area contributed by atoms with E-state index in [-0.39, 0.29) is 12.4 Å². The Kier molecular flexibility index (Phi) is 6.48. The summed E-state index contributed by atoms with van der Waals surface area (Å²) in [4.78, 5) is 37.7. The molecule has 0 heterocycles. The molecule has 0 amide bonds. The lowest BCUT2D eigenvalue weighted by Gasteiger charge is -2.23. The number of carbonyl (C=O) groups is 3. The minimum Gasteiger partial charge on any atom is -0.465 e. The van der Waals surface area contributed by atoms with Gasteiger partial charge in [-0.1, -0.05) is 41.9 Å². The quantitative estimate of drug-likeness (QED) is 0.425. The number of carbonyl (C=O) groups excluding carboxylic acids is 3. The van der Waals surface area contributed by atoms with Crippen molar-refractivity contribution in [3.63, 3.8) is 0 Å². The van der Waals surface area contributed by atoms with Gasteiger partial charge in [-0.25, -0.2) is 0 Å². The molecule has 0 aromatic heterocycles. The van der Waals surface area contributed by atoms with Crippen LogP contribution in [0.2, 0.25) is 5.02 Å². The standard InChI is InChI=1S/C20H19ClO4/c1-3-25-20(24)17(13(2)22)18(14-7-5-4-6-8-14)19(23)15-9-11-16(21)12-10-15/h4-12,17-18H,3H2,1-2H3. The molecule has 2 aromatic rings. The van der Waals surface area contributed by atoms with Gasteiger partial charge in [0, 0.05) is 10.6 Å². The summed E-state index contributed by atoms with van der Waals surface area (Å²) in [6, 6.07) is 15.2. The van der Waals surface area contributed by atoms with Crippen LogP contribution < -0.4 is 0 Å². The molecule has 2 unspecified atom stereocenters. The summed E-state index contributed by atoms with van der Waals surface area (Å²) < 4.78 is 5.04. The summed E-state index contributed by atoms with van der Waals surface area (Å²) in [7, 11) is 0. The van der Waals surface area contributed by atoms with Gasteiger partial charge in [0.05, 0.1) is 12.5 Å². The Bertz CT molecular complexity index is 753. The highest BCUT2D eigenvalue weighted by Gasteiger charge is 2.39. The van der Waals surface area contributed by atoms with Crippen LogP contribution in [-0.2, 0) is 14.3 Å². The first kappa shape index (κ1) is 18.9. The van der Waals surface area contributed by atoms with Crippen LogP contribution in [0.5, 0.6) is 0 Å². The van der Waals surface area contributed by atoms with Gasteiger partial charge in [-0.3, -0.25) is 14.4 Å². The molecule has 0 aliphatic carbocycles. The van der Waals surface area contributed by atoms with Crippen LogP contribution in [0.1, 0.15) is 35.7 Å². The number of benzene rings is 2. The Balaban J connectivity index is 2.52. The van der Waals surface area contributed by atoms with Gasteiger partial charge in [-0.15, -0.1) is 0 Å². The molecule has 0 saturated heterocycles. The van der Waals surface area contributed by atoms with Crippen LogP contribution in [0, 0.1) is 5.92 Å². The molecule has 2 rings (SSSR count). The van der Waals surface area contributed by atoms with Gasteiger partial charge in [0.25, 0.3) is 0 Å². The zero-order valence-electron chi connectivity index (χ0n) is 14.1. The molecule has 5 heteroatoms. The first-order valence-electron chi connectivity index (χ1n) is 7.97. The Morgan fingerprint density at radius 1 is 1.00 bits per heavy atom. The molecule has 0 aliphatic heterocycles. The van der Waals surface area contributed by atoms with E-state index in [2.05, 4.69) is 0 Å². The van der Waals surface area contributed by atoms with Gasteiger partial charge < -0.3 is 4.74 Å². The number of esters is 1. The van der Waals surface area contributed by atoms with Gasteiger partial charge in [-0.2, -0.15) is 0 Å². The van der Waals surface area contributed by atoms with Gasteiger partial charge >= 0.3 is 5.97 Å². The minimum atomic E-state index is -1.19. The van der Waals surface area contributed by atoms with E-state index in [1.807, 2.05) is 0 Å². The smallest absolute Gasteiger partial charge is 0.317 e. The largest absolute Gasteiger partial charge is 0.465 e. The second kappa shape index (κ2) is 8.58. The van der Waals surface area contributed by atoms with E-state index in [1.165, 1.54) is 6.92 Å². The number of halogens is 1. The number of ether oxygens (including phenoxy) is 1. The second-order valence-electron chi connectivity index (χ2n) is 5.60. The van der Waals surface area contributed by atoms with Crippen molar-refractivity contribution in [2.75, 3.05) is 6.61 Å². The number of ketones is 2. The molecule has 0 bridgehead atoms. The monoisotopic (exact) mass is 358 g/mol. The molecule has 0 spiro atoms. The minimum absolute atomic E-state index is 0.138. The van der Waals surface area contributed by atoms with Crippen molar-refractivity contribution >= 4 is 29.1 Å². The van der Waals surface area contributed by atoms with Crippen molar-refractivity contribution in [1.29, 1.82) is 0 Å². The fourth-order valence-electron chi connectivity index (χ4n) is 2.72. The SMILES string of the molecule is CCOC(=O)C(C(C)=O)C(C(=O)c1ccc(Cl)cc1)c1ccccc1. The summed E-state index contributed by atoms with van der Waals surface area (Å²) in [5.74, 6) is -3.55. The van der Waals surface area contributed by atoms with Gasteiger partial charge in [0.15, 0.2) is 5.78 Å². The Hall–Kier alpha value is -2.46. The average molecular weight is 359 g/mol. The molecule has 130 valence electrons. The molecule has 0 N–H and O–H groups in total. The fraction of sp³-hybridized carbons (Fsp3) is 0.250. The van der Waals surface area contributed by atoms with Crippen molar-refractivity contribution in [2.24, 2.45) is 5.92 Å². The molecule has 25 heavy (non-hydrogen) atoms. The molecule has 0 aliphatic rings. The molecule has 0 fully saturated rings. The highest BCUT2D eigenvalue weighted by atomic mass is 35.5. The third-order valence-electron chi connectivity index (χ3n) is 3.88. The zero-order chi connectivity index (χ0) is 18.4. The summed E-state index contributed by atoms with van der Waals surface area (Å²) >= 11 is 5.88. The van der Waals surface area contributed by atoms with Crippen molar-refractivity contribution in [1.82, 2.24) is 0 Å². The topological polar surface area (TPSA) is 60.4 Å². The summed E-state index contributed by atoms with van der Waals surface area (Å²) in [5.41, 5.74) is 0.976. The Labute approximate surface area is 151 Å². The third-order valence-corrected chi connectivity index (χ3v) is 4.13. The molecule has 0 saturated carbocycles. The summed E-state index contributed by atoms with van der Waals surface area (Å²) in [6.45, 7) is 3.10. The third kappa shape index (κ3) is 4.54. The lowest BCUT2D eigenvalue weighted by Crippen LogP contribution is -2.34. The van der Waals surface area contributed by atoms with E-state index < -0.39 is 23.6 Å². The molecule has 2 aromatic carbocycles. The second-order valence-corrected chi connectivity index (χ2v) is 6.04. The maximum absolute atomic E-state index is 13.1. The highest BCUT2D eigenvalue weighted by molar-refractivity contribution is 6.30. The van der Waals surface area contributed by atoms with E-state index in [0.717, 1.165) is 0 Å². The van der Waals surface area contributed by atoms with Gasteiger partial charge in [-0.05, 0) is 43.7 Å². The Morgan fingerprint density at radius 2 is 1.60 bits per heavy atom. The van der Waals surface area contributed by atoms with Crippen molar-refractivity contribution in [2.45, 2.75) is 19.8 Å². The van der Waals surface area contributed by atoms with Crippen molar-refractivity contribution in [3.8, 4) is 0 Å². The molecular formula is C20H19ClO4.